The van der Waals surface area contributed by atoms with Gasteiger partial charge in [-0.3, -0.25) is 4.90 Å². The van der Waals surface area contributed by atoms with Gasteiger partial charge in [0.25, 0.3) is 0 Å². The molecule has 2 fully saturated rings. The maximum atomic E-state index is 5.66. The molecule has 2 bridgehead atoms. The molecule has 0 amide bonds. The van der Waals surface area contributed by atoms with Crippen molar-refractivity contribution in [2.45, 2.75) is 50.7 Å². The summed E-state index contributed by atoms with van der Waals surface area (Å²) in [6.07, 6.45) is 8.96. The second kappa shape index (κ2) is 4.90. The van der Waals surface area contributed by atoms with Crippen LogP contribution in [0.3, 0.4) is 0 Å². The van der Waals surface area contributed by atoms with Crippen molar-refractivity contribution in [3.8, 4) is 0 Å². The fourth-order valence-electron chi connectivity index (χ4n) is 3.06. The number of nitrogen functional groups attached to an aromatic ring is 1. The first-order chi connectivity index (χ1) is 7.33. The molecule has 3 nitrogen and oxygen atoms in total. The van der Waals surface area contributed by atoms with Gasteiger partial charge < -0.3 is 5.73 Å². The number of nitrogens with zero attached hydrogens (tertiary/aromatic N) is 2. The van der Waals surface area contributed by atoms with Crippen molar-refractivity contribution in [2.75, 3.05) is 5.73 Å². The van der Waals surface area contributed by atoms with Gasteiger partial charge in [0.2, 0.25) is 0 Å². The van der Waals surface area contributed by atoms with E-state index in [2.05, 4.69) is 9.88 Å². The minimum atomic E-state index is 0. The summed E-state index contributed by atoms with van der Waals surface area (Å²) in [4.78, 5) is 8.12. The van der Waals surface area contributed by atoms with Crippen LogP contribution in [0.25, 0.3) is 0 Å². The van der Waals surface area contributed by atoms with Crippen LogP contribution in [0.1, 0.15) is 37.0 Å². The second-order valence-electron chi connectivity index (χ2n) is 4.65. The number of hydrogen-bond acceptors (Lipinski definition) is 4. The zero-order chi connectivity index (χ0) is 10.3. The lowest BCUT2D eigenvalue weighted by Crippen LogP contribution is -2.38. The lowest BCUT2D eigenvalue weighted by atomic mass is 10.0. The number of aromatic nitrogens is 1. The van der Waals surface area contributed by atoms with Crippen molar-refractivity contribution in [3.63, 3.8) is 0 Å². The minimum absolute atomic E-state index is 0. The van der Waals surface area contributed by atoms with Crippen LogP contribution >= 0.6 is 23.7 Å². The summed E-state index contributed by atoms with van der Waals surface area (Å²) >= 11 is 1.64. The monoisotopic (exact) mass is 259 g/mol. The van der Waals surface area contributed by atoms with E-state index in [1.54, 1.807) is 11.3 Å². The Labute approximate surface area is 106 Å². The van der Waals surface area contributed by atoms with E-state index >= 15 is 0 Å². The SMILES string of the molecule is Cl.Nc1ncc(CN2C3CCCC2CC3)s1. The third-order valence-electron chi connectivity index (χ3n) is 3.76. The normalized spacial score (nSPS) is 29.0. The lowest BCUT2D eigenvalue weighted by molar-refractivity contribution is 0.133. The number of piperidine rings is 1. The molecule has 16 heavy (non-hydrogen) atoms. The van der Waals surface area contributed by atoms with Crippen LogP contribution in [-0.4, -0.2) is 22.0 Å². The van der Waals surface area contributed by atoms with Gasteiger partial charge in [0.05, 0.1) is 0 Å². The van der Waals surface area contributed by atoms with Gasteiger partial charge in [-0.25, -0.2) is 4.98 Å². The van der Waals surface area contributed by atoms with Gasteiger partial charge in [0.1, 0.15) is 0 Å². The third-order valence-corrected chi connectivity index (χ3v) is 4.57. The van der Waals surface area contributed by atoms with Crippen LogP contribution in [0.5, 0.6) is 0 Å². The van der Waals surface area contributed by atoms with E-state index in [0.717, 1.165) is 18.6 Å². The van der Waals surface area contributed by atoms with Gasteiger partial charge in [-0.05, 0) is 25.7 Å². The topological polar surface area (TPSA) is 42.1 Å². The number of fused-ring (bicyclic) bond motifs is 2. The molecule has 2 aliphatic heterocycles. The largest absolute Gasteiger partial charge is 0.375 e. The molecule has 1 aromatic heterocycles. The first kappa shape index (κ1) is 12.1. The number of nitrogens with two attached hydrogens (primary N) is 1. The molecule has 5 heteroatoms. The quantitative estimate of drug-likeness (QED) is 0.888. The van der Waals surface area contributed by atoms with E-state index in [-0.39, 0.29) is 12.4 Å². The number of anilines is 1. The van der Waals surface area contributed by atoms with E-state index in [1.165, 1.54) is 37.0 Å². The second-order valence-corrected chi connectivity index (χ2v) is 5.80. The molecule has 90 valence electrons. The Morgan fingerprint density at radius 2 is 2.00 bits per heavy atom. The molecule has 3 rings (SSSR count). The Morgan fingerprint density at radius 3 is 2.56 bits per heavy atom. The van der Waals surface area contributed by atoms with Crippen molar-refractivity contribution >= 4 is 28.9 Å². The zero-order valence-corrected chi connectivity index (χ0v) is 10.9. The van der Waals surface area contributed by atoms with Gasteiger partial charge in [-0.15, -0.1) is 23.7 Å². The Balaban J connectivity index is 0.000000963. The standard InChI is InChI=1S/C11H17N3S.ClH/c12-11-13-6-10(15-11)7-14-8-2-1-3-9(14)5-4-8;/h6,8-9H,1-5,7H2,(H2,12,13);1H. The van der Waals surface area contributed by atoms with Crippen molar-refractivity contribution in [1.82, 2.24) is 9.88 Å². The van der Waals surface area contributed by atoms with Crippen molar-refractivity contribution in [2.24, 2.45) is 0 Å². The van der Waals surface area contributed by atoms with Crippen LogP contribution in [0.4, 0.5) is 5.13 Å². The van der Waals surface area contributed by atoms with E-state index < -0.39 is 0 Å². The maximum absolute atomic E-state index is 5.66. The van der Waals surface area contributed by atoms with Gasteiger partial charge in [-0.1, -0.05) is 6.42 Å². The van der Waals surface area contributed by atoms with Crippen LogP contribution in [0, 0.1) is 0 Å². The van der Waals surface area contributed by atoms with Crippen LogP contribution in [0.2, 0.25) is 0 Å². The molecule has 1 aromatic rings. The number of rotatable bonds is 2. The Morgan fingerprint density at radius 1 is 1.31 bits per heavy atom. The average molecular weight is 260 g/mol. The maximum Gasteiger partial charge on any atom is 0.180 e. The lowest BCUT2D eigenvalue weighted by Gasteiger charge is -2.34. The van der Waals surface area contributed by atoms with Gasteiger partial charge in [0, 0.05) is 29.7 Å². The predicted octanol–water partition coefficient (Wildman–Crippen LogP) is 2.66. The van der Waals surface area contributed by atoms with E-state index in [0.29, 0.717) is 5.13 Å². The summed E-state index contributed by atoms with van der Waals surface area (Å²) in [6.45, 7) is 1.07. The van der Waals surface area contributed by atoms with Crippen molar-refractivity contribution < 1.29 is 0 Å². The van der Waals surface area contributed by atoms with E-state index in [9.17, 15) is 0 Å². The Kier molecular flexibility index (Phi) is 3.72. The van der Waals surface area contributed by atoms with Crippen molar-refractivity contribution in [1.29, 1.82) is 0 Å². The average Bonchev–Trinajstić information content (AvgIpc) is 2.71. The molecule has 0 radical (unpaired) electrons. The first-order valence-corrected chi connectivity index (χ1v) is 6.60. The molecule has 0 aliphatic carbocycles. The highest BCUT2D eigenvalue weighted by Crippen LogP contribution is 2.37. The fourth-order valence-corrected chi connectivity index (χ4v) is 3.75. The third kappa shape index (κ3) is 2.19. The van der Waals surface area contributed by atoms with Crippen LogP contribution in [0.15, 0.2) is 6.20 Å². The molecule has 2 unspecified atom stereocenters. The highest BCUT2D eigenvalue weighted by molar-refractivity contribution is 7.15. The fraction of sp³-hybridized carbons (Fsp3) is 0.727. The summed E-state index contributed by atoms with van der Waals surface area (Å²) in [7, 11) is 0. The molecule has 0 saturated carbocycles. The minimum Gasteiger partial charge on any atom is -0.375 e. The molecular formula is C11H18ClN3S. The van der Waals surface area contributed by atoms with Gasteiger partial charge in [0.15, 0.2) is 5.13 Å². The number of thiazole rings is 1. The summed E-state index contributed by atoms with van der Waals surface area (Å²) in [6, 6.07) is 1.68. The Bertz CT molecular complexity index is 339. The molecule has 3 heterocycles. The highest BCUT2D eigenvalue weighted by Gasteiger charge is 2.36. The molecule has 2 N–H and O–H groups in total. The van der Waals surface area contributed by atoms with Gasteiger partial charge >= 0.3 is 0 Å². The smallest absolute Gasteiger partial charge is 0.180 e. The molecule has 2 saturated heterocycles. The summed E-state index contributed by atoms with van der Waals surface area (Å²) in [5, 5.41) is 0.703. The van der Waals surface area contributed by atoms with Gasteiger partial charge in [-0.2, -0.15) is 0 Å². The van der Waals surface area contributed by atoms with Crippen LogP contribution < -0.4 is 5.73 Å². The number of halogens is 1. The van der Waals surface area contributed by atoms with Crippen molar-refractivity contribution in [3.05, 3.63) is 11.1 Å². The van der Waals surface area contributed by atoms with E-state index in [4.69, 9.17) is 5.73 Å². The molecule has 0 aromatic carbocycles. The molecule has 0 spiro atoms. The summed E-state index contributed by atoms with van der Waals surface area (Å²) in [5.74, 6) is 0. The molecule has 2 aliphatic rings. The molecular weight excluding hydrogens is 242 g/mol. The summed E-state index contributed by atoms with van der Waals surface area (Å²) < 4.78 is 0. The van der Waals surface area contributed by atoms with Crippen LogP contribution in [-0.2, 0) is 6.54 Å². The Hall–Kier alpha value is -0.320. The first-order valence-electron chi connectivity index (χ1n) is 5.79. The molecule has 2 atom stereocenters. The summed E-state index contributed by atoms with van der Waals surface area (Å²) in [5.41, 5.74) is 5.66. The van der Waals surface area contributed by atoms with E-state index in [1.807, 2.05) is 6.20 Å². The number of hydrogen-bond donors (Lipinski definition) is 1. The predicted molar refractivity (Wildman–Crippen MR) is 70.0 cm³/mol. The highest BCUT2D eigenvalue weighted by atomic mass is 35.5. The zero-order valence-electron chi connectivity index (χ0n) is 9.26.